The van der Waals surface area contributed by atoms with E-state index in [0.29, 0.717) is 33.1 Å². The summed E-state index contributed by atoms with van der Waals surface area (Å²) in [6, 6.07) is 11.4. The van der Waals surface area contributed by atoms with Crippen molar-refractivity contribution in [3.05, 3.63) is 64.3 Å². The van der Waals surface area contributed by atoms with Crippen molar-refractivity contribution < 1.29 is 27.5 Å². The van der Waals surface area contributed by atoms with Gasteiger partial charge in [0.2, 0.25) is 0 Å². The molecule has 2 aromatic carbocycles. The third-order valence-corrected chi connectivity index (χ3v) is 6.71. The molecule has 0 bridgehead atoms. The molecule has 0 fully saturated rings. The lowest BCUT2D eigenvalue weighted by atomic mass is 10.1. The van der Waals surface area contributed by atoms with Gasteiger partial charge in [-0.05, 0) is 65.0 Å². The molecule has 1 aromatic heterocycles. The van der Waals surface area contributed by atoms with Crippen molar-refractivity contribution in [2.45, 2.75) is 45.1 Å². The quantitative estimate of drug-likeness (QED) is 0.328. The van der Waals surface area contributed by atoms with Crippen molar-refractivity contribution in [3.63, 3.8) is 0 Å². The van der Waals surface area contributed by atoms with Crippen LogP contribution < -0.4 is 5.32 Å². The molecule has 0 unspecified atom stereocenters. The van der Waals surface area contributed by atoms with Gasteiger partial charge in [0.15, 0.2) is 15.5 Å². The van der Waals surface area contributed by atoms with E-state index < -0.39 is 27.5 Å². The van der Waals surface area contributed by atoms with Crippen molar-refractivity contribution in [1.29, 1.82) is 0 Å². The molecular weight excluding hydrogens is 542 g/mol. The molecule has 0 aliphatic heterocycles. The van der Waals surface area contributed by atoms with Gasteiger partial charge in [-0.1, -0.05) is 35.6 Å². The topological polar surface area (TPSA) is 117 Å². The van der Waals surface area contributed by atoms with Gasteiger partial charge in [-0.25, -0.2) is 22.7 Å². The van der Waals surface area contributed by atoms with Crippen LogP contribution in [-0.4, -0.2) is 55.3 Å². The Balaban J connectivity index is 1.97. The van der Waals surface area contributed by atoms with Crippen LogP contribution in [0.3, 0.4) is 0 Å². The highest BCUT2D eigenvalue weighted by molar-refractivity contribution is 7.90. The Labute approximate surface area is 233 Å². The van der Waals surface area contributed by atoms with E-state index in [0.717, 1.165) is 6.26 Å². The Bertz CT molecular complexity index is 1560. The highest BCUT2D eigenvalue weighted by Gasteiger charge is 2.24. The fraction of sp³-hybridized carbons (Fsp3) is 0.321. The van der Waals surface area contributed by atoms with Crippen LogP contribution in [0, 0.1) is 18.8 Å². The predicted molar refractivity (Wildman–Crippen MR) is 149 cm³/mol. The first-order chi connectivity index (χ1) is 18.2. The molecular formula is C28H30ClN3O6S. The molecule has 1 heterocycles. The molecule has 0 aliphatic carbocycles. The number of nitrogens with one attached hydrogen (secondary N) is 1. The second kappa shape index (κ2) is 11.9. The lowest BCUT2D eigenvalue weighted by Gasteiger charge is -2.19. The molecule has 9 nitrogen and oxygen atoms in total. The second-order valence-corrected chi connectivity index (χ2v) is 12.0. The van der Waals surface area contributed by atoms with E-state index in [4.69, 9.17) is 21.1 Å². The summed E-state index contributed by atoms with van der Waals surface area (Å²) in [5, 5.41) is 7.38. The smallest absolute Gasteiger partial charge is 0.408 e. The average molecular weight is 572 g/mol. The molecule has 0 saturated carbocycles. The average Bonchev–Trinajstić information content (AvgIpc) is 3.17. The van der Waals surface area contributed by atoms with Crippen LogP contribution in [0.1, 0.15) is 49.3 Å². The number of ether oxygens (including phenoxy) is 2. The minimum atomic E-state index is -3.38. The summed E-state index contributed by atoms with van der Waals surface area (Å²) in [7, 11) is -3.38. The number of benzene rings is 2. The lowest BCUT2D eigenvalue weighted by molar-refractivity contribution is 0.0513. The van der Waals surface area contributed by atoms with E-state index in [1.54, 1.807) is 65.0 Å². The van der Waals surface area contributed by atoms with Crippen LogP contribution in [0.25, 0.3) is 16.9 Å². The summed E-state index contributed by atoms with van der Waals surface area (Å²) in [5.41, 5.74) is 2.34. The maximum Gasteiger partial charge on any atom is 0.408 e. The van der Waals surface area contributed by atoms with Crippen molar-refractivity contribution in [1.82, 2.24) is 15.1 Å². The number of carbonyl (C=O) groups excluding carboxylic acids is 2. The first-order valence-corrected chi connectivity index (χ1v) is 14.3. The van der Waals surface area contributed by atoms with Gasteiger partial charge in [-0.3, -0.25) is 0 Å². The number of esters is 1. The largest absolute Gasteiger partial charge is 0.461 e. The Morgan fingerprint density at radius 3 is 2.36 bits per heavy atom. The molecule has 0 aliphatic rings. The Morgan fingerprint density at radius 1 is 1.13 bits per heavy atom. The number of halogens is 1. The van der Waals surface area contributed by atoms with Gasteiger partial charge in [0.1, 0.15) is 5.60 Å². The van der Waals surface area contributed by atoms with E-state index in [9.17, 15) is 18.0 Å². The van der Waals surface area contributed by atoms with Gasteiger partial charge >= 0.3 is 12.1 Å². The van der Waals surface area contributed by atoms with Crippen LogP contribution >= 0.6 is 11.6 Å². The molecule has 0 spiro atoms. The third-order valence-electron chi connectivity index (χ3n) is 5.28. The standard InChI is InChI=1S/C28H30ClN3O6S/c1-7-37-26(33)24-18(2)25(20-11-13-21(14-12-20)39(6,35)36)32(31-24)23-15-10-19(17-22(23)29)9-8-16-30-27(34)38-28(3,4)5/h10-15,17H,7,16H2,1-6H3,(H,30,34). The monoisotopic (exact) mass is 571 g/mol. The van der Waals surface area contributed by atoms with Crippen LogP contribution in [0.2, 0.25) is 5.02 Å². The third kappa shape index (κ3) is 7.62. The zero-order valence-electron chi connectivity index (χ0n) is 22.6. The summed E-state index contributed by atoms with van der Waals surface area (Å²) in [6.07, 6.45) is 0.572. The molecule has 39 heavy (non-hydrogen) atoms. The van der Waals surface area contributed by atoms with Crippen molar-refractivity contribution in [2.75, 3.05) is 19.4 Å². The van der Waals surface area contributed by atoms with Crippen LogP contribution in [0.5, 0.6) is 0 Å². The number of carbonyl (C=O) groups is 2. The first-order valence-electron chi connectivity index (χ1n) is 12.0. The summed E-state index contributed by atoms with van der Waals surface area (Å²) in [5.74, 6) is 5.20. The van der Waals surface area contributed by atoms with E-state index >= 15 is 0 Å². The summed E-state index contributed by atoms with van der Waals surface area (Å²) in [6.45, 7) is 9.03. The predicted octanol–water partition coefficient (Wildman–Crippen LogP) is 4.96. The summed E-state index contributed by atoms with van der Waals surface area (Å²) >= 11 is 6.63. The fourth-order valence-electron chi connectivity index (χ4n) is 3.60. The molecule has 11 heteroatoms. The normalized spacial score (nSPS) is 11.4. The number of sulfone groups is 1. The minimum absolute atomic E-state index is 0.0865. The molecule has 0 radical (unpaired) electrons. The second-order valence-electron chi connectivity index (χ2n) is 9.57. The number of amides is 1. The molecule has 3 rings (SSSR count). The van der Waals surface area contributed by atoms with Gasteiger partial charge in [0, 0.05) is 22.9 Å². The first kappa shape index (κ1) is 29.7. The van der Waals surface area contributed by atoms with Gasteiger partial charge in [-0.15, -0.1) is 0 Å². The molecule has 3 aromatic rings. The van der Waals surface area contributed by atoms with Crippen LogP contribution in [0.15, 0.2) is 47.4 Å². The number of nitrogens with zero attached hydrogens (tertiary/aromatic N) is 2. The van der Waals surface area contributed by atoms with Crippen LogP contribution in [0.4, 0.5) is 4.79 Å². The Hall–Kier alpha value is -3.81. The number of hydrogen-bond acceptors (Lipinski definition) is 7. The lowest BCUT2D eigenvalue weighted by Crippen LogP contribution is -2.32. The minimum Gasteiger partial charge on any atom is -0.461 e. The van der Waals surface area contributed by atoms with Gasteiger partial charge in [0.25, 0.3) is 0 Å². The number of aromatic nitrogens is 2. The number of rotatable bonds is 6. The molecule has 0 saturated heterocycles. The SMILES string of the molecule is CCOC(=O)c1nn(-c2ccc(C#CCNC(=O)OC(C)(C)C)cc2Cl)c(-c2ccc(S(C)(=O)=O)cc2)c1C. The zero-order valence-corrected chi connectivity index (χ0v) is 24.2. The van der Waals surface area contributed by atoms with Gasteiger partial charge in [0.05, 0.1) is 34.5 Å². The van der Waals surface area contributed by atoms with Crippen molar-refractivity contribution in [3.8, 4) is 28.8 Å². The number of alkyl carbamates (subject to hydrolysis) is 1. The van der Waals surface area contributed by atoms with Crippen LogP contribution in [-0.2, 0) is 19.3 Å². The van der Waals surface area contributed by atoms with Crippen molar-refractivity contribution in [2.24, 2.45) is 0 Å². The molecule has 1 amide bonds. The maximum absolute atomic E-state index is 12.6. The molecule has 1 N–H and O–H groups in total. The van der Waals surface area contributed by atoms with Crippen molar-refractivity contribution >= 4 is 33.5 Å². The highest BCUT2D eigenvalue weighted by atomic mass is 35.5. The van der Waals surface area contributed by atoms with E-state index in [-0.39, 0.29) is 23.7 Å². The maximum atomic E-state index is 12.6. The molecule has 206 valence electrons. The Kier molecular flexibility index (Phi) is 9.10. The molecule has 0 atom stereocenters. The van der Waals surface area contributed by atoms with Gasteiger partial charge in [-0.2, -0.15) is 5.10 Å². The van der Waals surface area contributed by atoms with E-state index in [1.807, 2.05) is 0 Å². The van der Waals surface area contributed by atoms with Gasteiger partial charge < -0.3 is 14.8 Å². The number of hydrogen-bond donors (Lipinski definition) is 1. The summed E-state index contributed by atoms with van der Waals surface area (Å²) < 4.78 is 35.7. The highest BCUT2D eigenvalue weighted by Crippen LogP contribution is 2.32. The van der Waals surface area contributed by atoms with E-state index in [1.165, 1.54) is 16.8 Å². The zero-order chi connectivity index (χ0) is 29.0. The van der Waals surface area contributed by atoms with E-state index in [2.05, 4.69) is 22.3 Å². The summed E-state index contributed by atoms with van der Waals surface area (Å²) in [4.78, 5) is 24.6. The Morgan fingerprint density at radius 2 is 1.79 bits per heavy atom. The fourth-order valence-corrected chi connectivity index (χ4v) is 4.49.